The third-order valence-corrected chi connectivity index (χ3v) is 4.02. The number of aromatic nitrogens is 2. The lowest BCUT2D eigenvalue weighted by Crippen LogP contribution is -2.23. The van der Waals surface area contributed by atoms with Gasteiger partial charge in [-0.3, -0.25) is 14.6 Å². The molecule has 6 nitrogen and oxygen atoms in total. The highest BCUT2D eigenvalue weighted by atomic mass is 32.1. The molecule has 116 valence electrons. The molecule has 0 radical (unpaired) electrons. The van der Waals surface area contributed by atoms with Gasteiger partial charge in [-0.15, -0.1) is 0 Å². The van der Waals surface area contributed by atoms with E-state index in [-0.39, 0.29) is 11.8 Å². The first kappa shape index (κ1) is 15.1. The zero-order chi connectivity index (χ0) is 16.2. The summed E-state index contributed by atoms with van der Waals surface area (Å²) in [5.41, 5.74) is 2.10. The summed E-state index contributed by atoms with van der Waals surface area (Å²) in [5, 5.41) is 6.01. The van der Waals surface area contributed by atoms with Crippen molar-refractivity contribution in [3.05, 3.63) is 53.9 Å². The summed E-state index contributed by atoms with van der Waals surface area (Å²) < 4.78 is 0.847. The third-order valence-electron chi connectivity index (χ3n) is 3.09. The Hall–Kier alpha value is -2.80. The molecule has 0 aliphatic rings. The summed E-state index contributed by atoms with van der Waals surface area (Å²) in [5.74, 6) is -0.343. The van der Waals surface area contributed by atoms with Crippen LogP contribution in [-0.4, -0.2) is 21.8 Å². The summed E-state index contributed by atoms with van der Waals surface area (Å²) in [6.07, 6.45) is 1.69. The van der Waals surface area contributed by atoms with Crippen LogP contribution >= 0.6 is 11.3 Å². The fraction of sp³-hybridized carbons (Fsp3) is 0.125. The van der Waals surface area contributed by atoms with Crippen LogP contribution in [0.1, 0.15) is 23.0 Å². The molecule has 2 N–H and O–H groups in total. The zero-order valence-electron chi connectivity index (χ0n) is 12.4. The van der Waals surface area contributed by atoms with Gasteiger partial charge in [0.1, 0.15) is 0 Å². The standard InChI is InChI=1S/C16H14N4O2S/c1-10(21)19-16-20-13-6-5-11(8-14(13)23-16)15(22)18-9-12-4-2-3-7-17-12/h2-8H,9H2,1H3,(H,18,22)(H,19,20,21). The Kier molecular flexibility index (Phi) is 4.29. The van der Waals surface area contributed by atoms with Crippen LogP contribution in [0.2, 0.25) is 0 Å². The number of pyridine rings is 1. The van der Waals surface area contributed by atoms with Crippen molar-refractivity contribution in [3.8, 4) is 0 Å². The molecule has 0 saturated carbocycles. The number of amides is 2. The molecule has 0 atom stereocenters. The highest BCUT2D eigenvalue weighted by molar-refractivity contribution is 7.22. The van der Waals surface area contributed by atoms with Gasteiger partial charge in [0, 0.05) is 18.7 Å². The van der Waals surface area contributed by atoms with Crippen LogP contribution in [0.3, 0.4) is 0 Å². The second-order valence-electron chi connectivity index (χ2n) is 4.89. The number of carbonyl (C=O) groups excluding carboxylic acids is 2. The Morgan fingerprint density at radius 2 is 2.09 bits per heavy atom. The van der Waals surface area contributed by atoms with Crippen LogP contribution in [0.25, 0.3) is 10.2 Å². The summed E-state index contributed by atoms with van der Waals surface area (Å²) in [6, 6.07) is 10.8. The van der Waals surface area contributed by atoms with Gasteiger partial charge >= 0.3 is 0 Å². The monoisotopic (exact) mass is 326 g/mol. The maximum Gasteiger partial charge on any atom is 0.251 e. The smallest absolute Gasteiger partial charge is 0.251 e. The second kappa shape index (κ2) is 6.53. The summed E-state index contributed by atoms with van der Waals surface area (Å²) in [7, 11) is 0. The van der Waals surface area contributed by atoms with Crippen molar-refractivity contribution in [1.29, 1.82) is 0 Å². The topological polar surface area (TPSA) is 84.0 Å². The molecule has 0 aliphatic heterocycles. The Bertz CT molecular complexity index is 861. The quantitative estimate of drug-likeness (QED) is 0.772. The predicted octanol–water partition coefficient (Wildman–Crippen LogP) is 2.58. The van der Waals surface area contributed by atoms with Gasteiger partial charge < -0.3 is 10.6 Å². The number of hydrogen-bond acceptors (Lipinski definition) is 5. The molecular weight excluding hydrogens is 312 g/mol. The van der Waals surface area contributed by atoms with Gasteiger partial charge in [0.15, 0.2) is 5.13 Å². The van der Waals surface area contributed by atoms with Crippen molar-refractivity contribution in [2.45, 2.75) is 13.5 Å². The average Bonchev–Trinajstić information content (AvgIpc) is 2.94. The van der Waals surface area contributed by atoms with Gasteiger partial charge in [0.25, 0.3) is 5.91 Å². The summed E-state index contributed by atoms with van der Waals surface area (Å²) in [6.45, 7) is 1.81. The minimum Gasteiger partial charge on any atom is -0.346 e. The molecule has 23 heavy (non-hydrogen) atoms. The second-order valence-corrected chi connectivity index (χ2v) is 5.92. The van der Waals surface area contributed by atoms with E-state index in [0.717, 1.165) is 15.9 Å². The molecular formula is C16H14N4O2S. The van der Waals surface area contributed by atoms with E-state index in [9.17, 15) is 9.59 Å². The SMILES string of the molecule is CC(=O)Nc1nc2ccc(C(=O)NCc3ccccn3)cc2s1. The molecule has 1 aromatic carbocycles. The number of nitrogens with zero attached hydrogens (tertiary/aromatic N) is 2. The molecule has 3 rings (SSSR count). The number of fused-ring (bicyclic) bond motifs is 1. The molecule has 2 aromatic heterocycles. The van der Waals surface area contributed by atoms with Gasteiger partial charge in [-0.2, -0.15) is 0 Å². The molecule has 2 amide bonds. The number of hydrogen-bond donors (Lipinski definition) is 2. The molecule has 0 saturated heterocycles. The largest absolute Gasteiger partial charge is 0.346 e. The van der Waals surface area contributed by atoms with Crippen molar-refractivity contribution in [2.75, 3.05) is 5.32 Å². The Balaban J connectivity index is 1.74. The maximum absolute atomic E-state index is 12.2. The van der Waals surface area contributed by atoms with Crippen molar-refractivity contribution in [1.82, 2.24) is 15.3 Å². The van der Waals surface area contributed by atoms with Gasteiger partial charge in [-0.05, 0) is 30.3 Å². The highest BCUT2D eigenvalue weighted by Crippen LogP contribution is 2.26. The minimum atomic E-state index is -0.174. The lowest BCUT2D eigenvalue weighted by molar-refractivity contribution is -0.114. The lowest BCUT2D eigenvalue weighted by atomic mass is 10.2. The molecule has 2 heterocycles. The number of anilines is 1. The first-order valence-corrected chi connectivity index (χ1v) is 7.80. The van der Waals surface area contributed by atoms with Crippen molar-refractivity contribution in [3.63, 3.8) is 0 Å². The third kappa shape index (κ3) is 3.70. The molecule has 0 spiro atoms. The number of carbonyl (C=O) groups is 2. The van der Waals surface area contributed by atoms with Crippen LogP contribution in [0.15, 0.2) is 42.6 Å². The summed E-state index contributed by atoms with van der Waals surface area (Å²) in [4.78, 5) is 31.7. The Morgan fingerprint density at radius 3 is 2.83 bits per heavy atom. The van der Waals surface area contributed by atoms with E-state index < -0.39 is 0 Å². The normalized spacial score (nSPS) is 10.5. The Labute approximate surface area is 136 Å². The van der Waals surface area contributed by atoms with E-state index in [1.807, 2.05) is 18.2 Å². The minimum absolute atomic E-state index is 0.169. The number of benzene rings is 1. The Morgan fingerprint density at radius 1 is 1.22 bits per heavy atom. The van der Waals surface area contributed by atoms with E-state index in [2.05, 4.69) is 20.6 Å². The van der Waals surface area contributed by atoms with Crippen LogP contribution in [0, 0.1) is 0 Å². The van der Waals surface area contributed by atoms with Crippen molar-refractivity contribution >= 4 is 38.5 Å². The summed E-state index contributed by atoms with van der Waals surface area (Å²) >= 11 is 1.34. The maximum atomic E-state index is 12.2. The van der Waals surface area contributed by atoms with Crippen molar-refractivity contribution < 1.29 is 9.59 Å². The van der Waals surface area contributed by atoms with Crippen molar-refractivity contribution in [2.24, 2.45) is 0 Å². The highest BCUT2D eigenvalue weighted by Gasteiger charge is 2.10. The fourth-order valence-corrected chi connectivity index (χ4v) is 3.00. The van der Waals surface area contributed by atoms with Gasteiger partial charge in [0.05, 0.1) is 22.5 Å². The van der Waals surface area contributed by atoms with E-state index in [4.69, 9.17) is 0 Å². The van der Waals surface area contributed by atoms with Crippen LogP contribution in [-0.2, 0) is 11.3 Å². The van der Waals surface area contributed by atoms with Gasteiger partial charge in [-0.1, -0.05) is 17.4 Å². The van der Waals surface area contributed by atoms with Crippen LogP contribution in [0.5, 0.6) is 0 Å². The molecule has 0 aliphatic carbocycles. The van der Waals surface area contributed by atoms with Gasteiger partial charge in [-0.25, -0.2) is 4.98 Å². The first-order valence-electron chi connectivity index (χ1n) is 6.98. The number of thiazole rings is 1. The van der Waals surface area contributed by atoms with E-state index >= 15 is 0 Å². The number of rotatable bonds is 4. The van der Waals surface area contributed by atoms with E-state index in [1.165, 1.54) is 18.3 Å². The van der Waals surface area contributed by atoms with E-state index in [0.29, 0.717) is 17.2 Å². The van der Waals surface area contributed by atoms with Crippen LogP contribution < -0.4 is 10.6 Å². The lowest BCUT2D eigenvalue weighted by Gasteiger charge is -2.04. The molecule has 0 bridgehead atoms. The number of nitrogens with one attached hydrogen (secondary N) is 2. The van der Waals surface area contributed by atoms with Crippen LogP contribution in [0.4, 0.5) is 5.13 Å². The predicted molar refractivity (Wildman–Crippen MR) is 89.3 cm³/mol. The van der Waals surface area contributed by atoms with Gasteiger partial charge in [0.2, 0.25) is 5.91 Å². The molecule has 0 fully saturated rings. The molecule has 3 aromatic rings. The van der Waals surface area contributed by atoms with E-state index in [1.54, 1.807) is 24.4 Å². The molecule has 0 unspecified atom stereocenters. The zero-order valence-corrected chi connectivity index (χ0v) is 13.2. The molecule has 7 heteroatoms. The average molecular weight is 326 g/mol. The first-order chi connectivity index (χ1) is 11.1. The fourth-order valence-electron chi connectivity index (χ4n) is 2.05.